The molecule has 1 aromatic heterocycles. The highest BCUT2D eigenvalue weighted by molar-refractivity contribution is 5.29. The summed E-state index contributed by atoms with van der Waals surface area (Å²) in [6, 6.07) is 3.99. The molecule has 96 valence electrons. The van der Waals surface area contributed by atoms with Crippen LogP contribution in [0.25, 0.3) is 0 Å². The fraction of sp³-hybridized carbons (Fsp3) is 0.615. The van der Waals surface area contributed by atoms with Crippen LogP contribution >= 0.6 is 0 Å². The summed E-state index contributed by atoms with van der Waals surface area (Å²) < 4.78 is 10.7. The second kappa shape index (κ2) is 7.25. The van der Waals surface area contributed by atoms with Crippen molar-refractivity contribution in [1.82, 2.24) is 4.98 Å². The Morgan fingerprint density at radius 2 is 2.12 bits per heavy atom. The van der Waals surface area contributed by atoms with Crippen molar-refractivity contribution >= 4 is 0 Å². The molecule has 0 radical (unpaired) electrons. The highest BCUT2D eigenvalue weighted by Gasteiger charge is 2.10. The Labute approximate surface area is 103 Å². The van der Waals surface area contributed by atoms with E-state index in [1.54, 1.807) is 0 Å². The first-order chi connectivity index (χ1) is 8.17. The molecule has 0 spiro atoms. The molecule has 4 heteroatoms. The molecule has 1 atom stereocenters. The van der Waals surface area contributed by atoms with Crippen molar-refractivity contribution in [2.75, 3.05) is 13.4 Å². The van der Waals surface area contributed by atoms with Gasteiger partial charge in [-0.3, -0.25) is 4.98 Å². The minimum Gasteiger partial charge on any atom is -0.466 e. The molecule has 2 N–H and O–H groups in total. The molecule has 0 saturated carbocycles. The summed E-state index contributed by atoms with van der Waals surface area (Å²) in [4.78, 5) is 4.48. The van der Waals surface area contributed by atoms with E-state index in [2.05, 4.69) is 11.9 Å². The molecule has 0 saturated heterocycles. The van der Waals surface area contributed by atoms with Gasteiger partial charge in [0.1, 0.15) is 5.75 Å². The number of nitrogens with two attached hydrogens (primary N) is 1. The average molecular weight is 238 g/mol. The van der Waals surface area contributed by atoms with E-state index < -0.39 is 0 Å². The van der Waals surface area contributed by atoms with Crippen LogP contribution in [-0.2, 0) is 11.2 Å². The lowest BCUT2D eigenvalue weighted by atomic mass is 10.1. The van der Waals surface area contributed by atoms with Gasteiger partial charge in [0.15, 0.2) is 6.79 Å². The van der Waals surface area contributed by atoms with Gasteiger partial charge in [-0.1, -0.05) is 6.92 Å². The number of nitrogens with zero attached hydrogens (tertiary/aromatic N) is 1. The van der Waals surface area contributed by atoms with Crippen LogP contribution in [0.1, 0.15) is 31.7 Å². The number of hydrogen-bond donors (Lipinski definition) is 1. The number of aryl methyl sites for hydroxylation is 1. The minimum absolute atomic E-state index is 0.124. The minimum atomic E-state index is 0.124. The van der Waals surface area contributed by atoms with E-state index in [1.165, 1.54) is 0 Å². The first-order valence-electron chi connectivity index (χ1n) is 6.10. The summed E-state index contributed by atoms with van der Waals surface area (Å²) in [6.07, 6.45) is 1.67. The Hall–Kier alpha value is -1.13. The van der Waals surface area contributed by atoms with E-state index in [0.717, 1.165) is 30.0 Å². The molecule has 0 bridgehead atoms. The molecule has 4 nitrogen and oxygen atoms in total. The highest BCUT2D eigenvalue weighted by Crippen LogP contribution is 2.18. The van der Waals surface area contributed by atoms with Gasteiger partial charge in [-0.25, -0.2) is 0 Å². The molecule has 1 heterocycles. The van der Waals surface area contributed by atoms with E-state index in [1.807, 2.05) is 26.0 Å². The summed E-state index contributed by atoms with van der Waals surface area (Å²) in [6.45, 7) is 6.87. The smallest absolute Gasteiger partial charge is 0.189 e. The Bertz CT molecular complexity index is 342. The van der Waals surface area contributed by atoms with Gasteiger partial charge in [0.05, 0.1) is 5.69 Å². The Morgan fingerprint density at radius 3 is 2.76 bits per heavy atom. The van der Waals surface area contributed by atoms with E-state index in [4.69, 9.17) is 15.2 Å². The molecule has 0 aliphatic carbocycles. The molecule has 1 unspecified atom stereocenters. The monoisotopic (exact) mass is 238 g/mol. The fourth-order valence-electron chi connectivity index (χ4n) is 1.46. The molecule has 17 heavy (non-hydrogen) atoms. The first kappa shape index (κ1) is 13.9. The second-order valence-electron chi connectivity index (χ2n) is 4.02. The highest BCUT2D eigenvalue weighted by atomic mass is 16.7. The van der Waals surface area contributed by atoms with Crippen molar-refractivity contribution in [3.63, 3.8) is 0 Å². The SMILES string of the molecule is CCOCOc1ccc(C)nc1CC(N)CC. The van der Waals surface area contributed by atoms with Crippen LogP contribution in [0.2, 0.25) is 0 Å². The average Bonchev–Trinajstić information content (AvgIpc) is 2.32. The zero-order valence-electron chi connectivity index (χ0n) is 10.9. The van der Waals surface area contributed by atoms with Crippen LogP contribution in [-0.4, -0.2) is 24.4 Å². The Balaban J connectivity index is 2.72. The van der Waals surface area contributed by atoms with Crippen LogP contribution in [0, 0.1) is 6.92 Å². The van der Waals surface area contributed by atoms with Crippen LogP contribution in [0.4, 0.5) is 0 Å². The summed E-state index contributed by atoms with van der Waals surface area (Å²) in [5.74, 6) is 0.771. The topological polar surface area (TPSA) is 57.4 Å². The van der Waals surface area contributed by atoms with Gasteiger partial charge >= 0.3 is 0 Å². The van der Waals surface area contributed by atoms with Gasteiger partial charge in [-0.15, -0.1) is 0 Å². The summed E-state index contributed by atoms with van der Waals surface area (Å²) >= 11 is 0. The number of aromatic nitrogens is 1. The van der Waals surface area contributed by atoms with E-state index in [9.17, 15) is 0 Å². The largest absolute Gasteiger partial charge is 0.466 e. The lowest BCUT2D eigenvalue weighted by Crippen LogP contribution is -2.22. The molecule has 0 fully saturated rings. The number of rotatable bonds is 7. The molecule has 0 aliphatic rings. The van der Waals surface area contributed by atoms with Gasteiger partial charge in [0.2, 0.25) is 0 Å². The fourth-order valence-corrected chi connectivity index (χ4v) is 1.46. The molecule has 1 rings (SSSR count). The predicted molar refractivity (Wildman–Crippen MR) is 68.1 cm³/mol. The Morgan fingerprint density at radius 1 is 1.35 bits per heavy atom. The molecular formula is C13H22N2O2. The van der Waals surface area contributed by atoms with E-state index in [0.29, 0.717) is 6.61 Å². The maximum atomic E-state index is 5.95. The Kier molecular flexibility index (Phi) is 5.94. The van der Waals surface area contributed by atoms with Crippen molar-refractivity contribution in [1.29, 1.82) is 0 Å². The summed E-state index contributed by atoms with van der Waals surface area (Å²) in [7, 11) is 0. The van der Waals surface area contributed by atoms with E-state index >= 15 is 0 Å². The molecule has 0 amide bonds. The molecule has 1 aromatic rings. The third-order valence-corrected chi connectivity index (χ3v) is 2.55. The lowest BCUT2D eigenvalue weighted by molar-refractivity contribution is 0.0215. The lowest BCUT2D eigenvalue weighted by Gasteiger charge is -2.14. The second-order valence-corrected chi connectivity index (χ2v) is 4.02. The normalized spacial score (nSPS) is 12.5. The van der Waals surface area contributed by atoms with E-state index in [-0.39, 0.29) is 12.8 Å². The quantitative estimate of drug-likeness (QED) is 0.583. The van der Waals surface area contributed by atoms with Crippen LogP contribution in [0.3, 0.4) is 0 Å². The first-order valence-corrected chi connectivity index (χ1v) is 6.10. The number of ether oxygens (including phenoxy) is 2. The third kappa shape index (κ3) is 4.71. The van der Waals surface area contributed by atoms with Crippen LogP contribution < -0.4 is 10.5 Å². The van der Waals surface area contributed by atoms with Crippen molar-refractivity contribution in [3.8, 4) is 5.75 Å². The van der Waals surface area contributed by atoms with Crippen LogP contribution in [0.15, 0.2) is 12.1 Å². The summed E-state index contributed by atoms with van der Waals surface area (Å²) in [5, 5.41) is 0. The van der Waals surface area contributed by atoms with Crippen molar-refractivity contribution in [3.05, 3.63) is 23.5 Å². The zero-order chi connectivity index (χ0) is 12.7. The molecular weight excluding hydrogens is 216 g/mol. The predicted octanol–water partition coefficient (Wildman–Crippen LogP) is 2.04. The zero-order valence-corrected chi connectivity index (χ0v) is 10.9. The van der Waals surface area contributed by atoms with Gasteiger partial charge < -0.3 is 15.2 Å². The van der Waals surface area contributed by atoms with Crippen LogP contribution in [0.5, 0.6) is 5.75 Å². The molecule has 0 aromatic carbocycles. The number of hydrogen-bond acceptors (Lipinski definition) is 4. The third-order valence-electron chi connectivity index (χ3n) is 2.55. The molecule has 0 aliphatic heterocycles. The maximum absolute atomic E-state index is 5.95. The van der Waals surface area contributed by atoms with Crippen molar-refractivity contribution in [2.24, 2.45) is 5.73 Å². The maximum Gasteiger partial charge on any atom is 0.189 e. The van der Waals surface area contributed by atoms with Gasteiger partial charge in [0.25, 0.3) is 0 Å². The number of pyridine rings is 1. The van der Waals surface area contributed by atoms with Gasteiger partial charge in [0, 0.05) is 24.8 Å². The standard InChI is InChI=1S/C13H22N2O2/c1-4-11(14)8-12-13(17-9-16-5-2)7-6-10(3)15-12/h6-7,11H,4-5,8-9,14H2,1-3H3. The van der Waals surface area contributed by atoms with Gasteiger partial charge in [-0.05, 0) is 32.4 Å². The van der Waals surface area contributed by atoms with Crippen molar-refractivity contribution < 1.29 is 9.47 Å². The summed E-state index contributed by atoms with van der Waals surface area (Å²) in [5.41, 5.74) is 7.85. The van der Waals surface area contributed by atoms with Gasteiger partial charge in [-0.2, -0.15) is 0 Å². The van der Waals surface area contributed by atoms with Crippen molar-refractivity contribution in [2.45, 2.75) is 39.7 Å².